The molecule has 1 saturated carbocycles. The van der Waals surface area contributed by atoms with Crippen LogP contribution in [0.1, 0.15) is 30.4 Å². The normalized spacial score (nSPS) is 18.0. The van der Waals surface area contributed by atoms with Crippen molar-refractivity contribution in [2.45, 2.75) is 36.6 Å². The van der Waals surface area contributed by atoms with Crippen LogP contribution in [0.5, 0.6) is 5.75 Å². The van der Waals surface area contributed by atoms with Crippen molar-refractivity contribution in [1.82, 2.24) is 0 Å². The third-order valence-electron chi connectivity index (χ3n) is 3.50. The van der Waals surface area contributed by atoms with Crippen molar-refractivity contribution >= 4 is 11.8 Å². The van der Waals surface area contributed by atoms with Gasteiger partial charge in [-0.05, 0) is 50.1 Å². The Labute approximate surface area is 102 Å². The largest absolute Gasteiger partial charge is 0.496 e. The molecule has 3 heteroatoms. The van der Waals surface area contributed by atoms with E-state index in [1.165, 1.54) is 22.4 Å². The minimum Gasteiger partial charge on any atom is -0.496 e. The summed E-state index contributed by atoms with van der Waals surface area (Å²) >= 11 is 1.77. The predicted molar refractivity (Wildman–Crippen MR) is 69.2 cm³/mol. The van der Waals surface area contributed by atoms with E-state index in [1.807, 2.05) is 0 Å². The van der Waals surface area contributed by atoms with Crippen molar-refractivity contribution in [3.63, 3.8) is 0 Å². The summed E-state index contributed by atoms with van der Waals surface area (Å²) in [5.41, 5.74) is 8.67. The van der Waals surface area contributed by atoms with Crippen molar-refractivity contribution in [2.75, 3.05) is 13.4 Å². The van der Waals surface area contributed by atoms with Gasteiger partial charge in [-0.3, -0.25) is 0 Å². The second kappa shape index (κ2) is 4.30. The Morgan fingerprint density at radius 3 is 2.50 bits per heavy atom. The van der Waals surface area contributed by atoms with Gasteiger partial charge in [-0.1, -0.05) is 0 Å². The first-order valence-corrected chi connectivity index (χ1v) is 6.85. The smallest absolute Gasteiger partial charge is 0.124 e. The van der Waals surface area contributed by atoms with Crippen molar-refractivity contribution in [1.29, 1.82) is 0 Å². The number of benzene rings is 1. The second-order valence-electron chi connectivity index (χ2n) is 4.53. The van der Waals surface area contributed by atoms with Crippen LogP contribution in [0.4, 0.5) is 0 Å². The van der Waals surface area contributed by atoms with Crippen LogP contribution < -0.4 is 10.5 Å². The molecule has 1 aromatic carbocycles. The molecule has 0 amide bonds. The van der Waals surface area contributed by atoms with Gasteiger partial charge in [0.05, 0.1) is 7.11 Å². The van der Waals surface area contributed by atoms with Gasteiger partial charge in [0.25, 0.3) is 0 Å². The average molecular weight is 237 g/mol. The highest BCUT2D eigenvalue weighted by molar-refractivity contribution is 7.98. The predicted octanol–water partition coefficient (Wildman–Crippen LogP) is 3.06. The molecule has 0 radical (unpaired) electrons. The molecule has 2 rings (SSSR count). The zero-order valence-corrected chi connectivity index (χ0v) is 11.0. The molecule has 88 valence electrons. The molecular weight excluding hydrogens is 218 g/mol. The number of hydrogen-bond donors (Lipinski definition) is 1. The Morgan fingerprint density at radius 1 is 1.38 bits per heavy atom. The molecule has 1 aliphatic rings. The van der Waals surface area contributed by atoms with E-state index >= 15 is 0 Å². The molecule has 2 nitrogen and oxygen atoms in total. The van der Waals surface area contributed by atoms with Crippen molar-refractivity contribution in [3.8, 4) is 5.75 Å². The molecule has 16 heavy (non-hydrogen) atoms. The van der Waals surface area contributed by atoms with Crippen LogP contribution in [0.2, 0.25) is 0 Å². The molecular formula is C13H19NOS. The summed E-state index contributed by atoms with van der Waals surface area (Å²) in [7, 11) is 1.72. The number of nitrogens with two attached hydrogens (primary N) is 1. The fourth-order valence-corrected chi connectivity index (χ4v) is 2.88. The molecule has 1 fully saturated rings. The van der Waals surface area contributed by atoms with Crippen LogP contribution >= 0.6 is 11.8 Å². The van der Waals surface area contributed by atoms with Gasteiger partial charge in [0.2, 0.25) is 0 Å². The molecule has 0 saturated heterocycles. The van der Waals surface area contributed by atoms with E-state index in [9.17, 15) is 0 Å². The summed E-state index contributed by atoms with van der Waals surface area (Å²) in [4.78, 5) is 1.30. The molecule has 0 bridgehead atoms. The summed E-state index contributed by atoms with van der Waals surface area (Å²) in [6.45, 7) is 2.11. The number of ether oxygens (including phenoxy) is 1. The van der Waals surface area contributed by atoms with E-state index in [0.29, 0.717) is 0 Å². The summed E-state index contributed by atoms with van der Waals surface area (Å²) in [5, 5.41) is 0. The fraction of sp³-hybridized carbons (Fsp3) is 0.538. The van der Waals surface area contributed by atoms with Crippen LogP contribution in [0.25, 0.3) is 0 Å². The van der Waals surface area contributed by atoms with Gasteiger partial charge in [0.15, 0.2) is 0 Å². The van der Waals surface area contributed by atoms with Crippen molar-refractivity contribution in [3.05, 3.63) is 23.3 Å². The SMILES string of the molecule is COc1cc(C)c(SC)cc1C1(N)CCC1. The van der Waals surface area contributed by atoms with E-state index in [1.54, 1.807) is 18.9 Å². The maximum atomic E-state index is 6.38. The minimum absolute atomic E-state index is 0.149. The highest BCUT2D eigenvalue weighted by atomic mass is 32.2. The fourth-order valence-electron chi connectivity index (χ4n) is 2.27. The van der Waals surface area contributed by atoms with Crippen molar-refractivity contribution in [2.24, 2.45) is 5.73 Å². The molecule has 0 atom stereocenters. The molecule has 0 spiro atoms. The molecule has 2 N–H and O–H groups in total. The zero-order chi connectivity index (χ0) is 11.8. The summed E-state index contributed by atoms with van der Waals surface area (Å²) in [6.07, 6.45) is 5.46. The van der Waals surface area contributed by atoms with E-state index in [4.69, 9.17) is 10.5 Å². The van der Waals surface area contributed by atoms with Crippen LogP contribution in [-0.4, -0.2) is 13.4 Å². The molecule has 0 aromatic heterocycles. The molecule has 1 aliphatic carbocycles. The van der Waals surface area contributed by atoms with Gasteiger partial charge >= 0.3 is 0 Å². The van der Waals surface area contributed by atoms with E-state index < -0.39 is 0 Å². The number of thioether (sulfide) groups is 1. The Kier molecular flexibility index (Phi) is 3.17. The maximum Gasteiger partial charge on any atom is 0.124 e. The number of aryl methyl sites for hydroxylation is 1. The standard InChI is InChI=1S/C13H19NOS/c1-9-7-11(15-2)10(8-12(9)16-3)13(14)5-4-6-13/h7-8H,4-6,14H2,1-3H3. The maximum absolute atomic E-state index is 6.38. The minimum atomic E-state index is -0.149. The molecule has 0 aliphatic heterocycles. The average Bonchev–Trinajstić information content (AvgIpc) is 2.25. The van der Waals surface area contributed by atoms with Crippen LogP contribution in [0.15, 0.2) is 17.0 Å². The van der Waals surface area contributed by atoms with Gasteiger partial charge < -0.3 is 10.5 Å². The van der Waals surface area contributed by atoms with Gasteiger partial charge in [-0.15, -0.1) is 11.8 Å². The van der Waals surface area contributed by atoms with Gasteiger partial charge in [0.1, 0.15) is 5.75 Å². The highest BCUT2D eigenvalue weighted by Gasteiger charge is 2.37. The molecule has 1 aromatic rings. The Balaban J connectivity index is 2.49. The Hall–Kier alpha value is -0.670. The third kappa shape index (κ3) is 1.82. The van der Waals surface area contributed by atoms with E-state index in [2.05, 4.69) is 25.3 Å². The van der Waals surface area contributed by atoms with E-state index in [0.717, 1.165) is 18.6 Å². The second-order valence-corrected chi connectivity index (χ2v) is 5.38. The lowest BCUT2D eigenvalue weighted by molar-refractivity contribution is 0.243. The monoisotopic (exact) mass is 237 g/mol. The summed E-state index contributed by atoms with van der Waals surface area (Å²) < 4.78 is 5.46. The quantitative estimate of drug-likeness (QED) is 0.821. The van der Waals surface area contributed by atoms with E-state index in [-0.39, 0.29) is 5.54 Å². The first-order valence-electron chi connectivity index (χ1n) is 5.63. The van der Waals surface area contributed by atoms with Gasteiger partial charge in [0, 0.05) is 16.0 Å². The number of methoxy groups -OCH3 is 1. The summed E-state index contributed by atoms with van der Waals surface area (Å²) in [5.74, 6) is 0.942. The molecule has 0 heterocycles. The third-order valence-corrected chi connectivity index (χ3v) is 4.38. The lowest BCUT2D eigenvalue weighted by atomic mass is 9.72. The van der Waals surface area contributed by atoms with Gasteiger partial charge in [-0.25, -0.2) is 0 Å². The first-order chi connectivity index (χ1) is 7.60. The zero-order valence-electron chi connectivity index (χ0n) is 10.2. The van der Waals surface area contributed by atoms with Crippen LogP contribution in [-0.2, 0) is 5.54 Å². The number of rotatable bonds is 3. The van der Waals surface area contributed by atoms with Gasteiger partial charge in [-0.2, -0.15) is 0 Å². The number of hydrogen-bond acceptors (Lipinski definition) is 3. The van der Waals surface area contributed by atoms with Crippen molar-refractivity contribution < 1.29 is 4.74 Å². The Morgan fingerprint density at radius 2 is 2.06 bits per heavy atom. The Bertz CT molecular complexity index is 399. The topological polar surface area (TPSA) is 35.2 Å². The summed E-state index contributed by atoms with van der Waals surface area (Å²) in [6, 6.07) is 4.31. The lowest BCUT2D eigenvalue weighted by Gasteiger charge is -2.39. The lowest BCUT2D eigenvalue weighted by Crippen LogP contribution is -2.43. The van der Waals surface area contributed by atoms with Crippen LogP contribution in [0, 0.1) is 6.92 Å². The van der Waals surface area contributed by atoms with Crippen LogP contribution in [0.3, 0.4) is 0 Å². The molecule has 0 unspecified atom stereocenters. The highest BCUT2D eigenvalue weighted by Crippen LogP contribution is 2.44. The first kappa shape index (κ1) is 11.8.